The summed E-state index contributed by atoms with van der Waals surface area (Å²) in [5.41, 5.74) is 1.97. The number of carbonyl (C=O) groups is 3. The standard InChI is InChI=1S/C26H32FN3O4/c1-4-5-22(31)29-21-12-8-19(9-13-21)24-23(25(32)28-15-14-17(2)3)30(26(33)34-24)16-18-6-10-20(27)11-7-18/h6-13,17,23-24H,4-5,14-16H2,1-3H3,(H,28,32)(H,29,31). The first-order valence-electron chi connectivity index (χ1n) is 11.7. The molecule has 1 saturated heterocycles. The van der Waals surface area contributed by atoms with Gasteiger partial charge in [0, 0.05) is 18.7 Å². The van der Waals surface area contributed by atoms with Crippen LogP contribution in [0, 0.1) is 11.7 Å². The summed E-state index contributed by atoms with van der Waals surface area (Å²) < 4.78 is 19.0. The van der Waals surface area contributed by atoms with E-state index < -0.39 is 18.2 Å². The molecule has 0 aliphatic carbocycles. The van der Waals surface area contributed by atoms with Gasteiger partial charge in [0.15, 0.2) is 12.1 Å². The summed E-state index contributed by atoms with van der Waals surface area (Å²) in [6.07, 6.45) is 0.562. The molecule has 2 aromatic carbocycles. The van der Waals surface area contributed by atoms with E-state index in [0.29, 0.717) is 35.7 Å². The Balaban J connectivity index is 1.82. The molecule has 3 amide bonds. The third-order valence-corrected chi connectivity index (χ3v) is 5.64. The maximum atomic E-state index is 13.3. The summed E-state index contributed by atoms with van der Waals surface area (Å²) in [5, 5.41) is 5.74. The average molecular weight is 470 g/mol. The number of anilines is 1. The Morgan fingerprint density at radius 3 is 2.38 bits per heavy atom. The molecule has 7 nitrogen and oxygen atoms in total. The lowest BCUT2D eigenvalue weighted by Crippen LogP contribution is -2.46. The Morgan fingerprint density at radius 2 is 1.76 bits per heavy atom. The molecular formula is C26H32FN3O4. The molecule has 1 aliphatic rings. The van der Waals surface area contributed by atoms with Crippen LogP contribution >= 0.6 is 0 Å². The number of rotatable bonds is 10. The third kappa shape index (κ3) is 6.56. The van der Waals surface area contributed by atoms with Gasteiger partial charge >= 0.3 is 6.09 Å². The van der Waals surface area contributed by atoms with Crippen molar-refractivity contribution in [1.29, 1.82) is 0 Å². The number of benzene rings is 2. The van der Waals surface area contributed by atoms with Crippen LogP contribution in [0.2, 0.25) is 0 Å². The maximum Gasteiger partial charge on any atom is 0.411 e. The van der Waals surface area contributed by atoms with E-state index in [1.807, 2.05) is 6.92 Å². The first kappa shape index (κ1) is 25.2. The van der Waals surface area contributed by atoms with Crippen molar-refractivity contribution in [2.45, 2.75) is 58.7 Å². The lowest BCUT2D eigenvalue weighted by molar-refractivity contribution is -0.126. The van der Waals surface area contributed by atoms with Crippen LogP contribution in [0.25, 0.3) is 0 Å². The first-order chi connectivity index (χ1) is 16.3. The molecule has 1 aliphatic heterocycles. The van der Waals surface area contributed by atoms with Crippen LogP contribution in [0.5, 0.6) is 0 Å². The van der Waals surface area contributed by atoms with Gasteiger partial charge in [0.05, 0.1) is 6.54 Å². The number of carbonyl (C=O) groups excluding carboxylic acids is 3. The van der Waals surface area contributed by atoms with E-state index in [0.717, 1.165) is 12.8 Å². The van der Waals surface area contributed by atoms with Gasteiger partial charge in [-0.15, -0.1) is 0 Å². The van der Waals surface area contributed by atoms with Crippen molar-refractivity contribution < 1.29 is 23.5 Å². The summed E-state index contributed by atoms with van der Waals surface area (Å²) in [6.45, 7) is 6.67. The molecule has 182 valence electrons. The summed E-state index contributed by atoms with van der Waals surface area (Å²) in [6, 6.07) is 11.9. The van der Waals surface area contributed by atoms with Crippen LogP contribution in [0.15, 0.2) is 48.5 Å². The van der Waals surface area contributed by atoms with Gasteiger partial charge in [-0.25, -0.2) is 9.18 Å². The van der Waals surface area contributed by atoms with E-state index in [2.05, 4.69) is 24.5 Å². The topological polar surface area (TPSA) is 87.7 Å². The Labute approximate surface area is 199 Å². The minimum Gasteiger partial charge on any atom is -0.438 e. The fourth-order valence-corrected chi connectivity index (χ4v) is 3.79. The molecule has 1 heterocycles. The van der Waals surface area contributed by atoms with Crippen molar-refractivity contribution in [3.63, 3.8) is 0 Å². The molecule has 3 rings (SSSR count). The molecule has 2 unspecified atom stereocenters. The van der Waals surface area contributed by atoms with Gasteiger partial charge in [0.25, 0.3) is 0 Å². The van der Waals surface area contributed by atoms with Crippen LogP contribution < -0.4 is 10.6 Å². The van der Waals surface area contributed by atoms with Gasteiger partial charge in [0.2, 0.25) is 11.8 Å². The summed E-state index contributed by atoms with van der Waals surface area (Å²) >= 11 is 0. The third-order valence-electron chi connectivity index (χ3n) is 5.64. The van der Waals surface area contributed by atoms with Gasteiger partial charge in [-0.2, -0.15) is 0 Å². The Kier molecular flexibility index (Phi) is 8.62. The summed E-state index contributed by atoms with van der Waals surface area (Å²) in [7, 11) is 0. The lowest BCUT2D eigenvalue weighted by atomic mass is 10.00. The second kappa shape index (κ2) is 11.6. The highest BCUT2D eigenvalue weighted by Crippen LogP contribution is 2.34. The molecule has 8 heteroatoms. The average Bonchev–Trinajstić information content (AvgIpc) is 3.11. The zero-order valence-corrected chi connectivity index (χ0v) is 19.8. The number of nitrogens with one attached hydrogen (secondary N) is 2. The molecule has 0 spiro atoms. The highest BCUT2D eigenvalue weighted by atomic mass is 19.1. The quantitative estimate of drug-likeness (QED) is 0.524. The van der Waals surface area contributed by atoms with E-state index in [4.69, 9.17) is 4.74 Å². The molecule has 0 aromatic heterocycles. The van der Waals surface area contributed by atoms with Gasteiger partial charge in [-0.05, 0) is 54.2 Å². The molecule has 34 heavy (non-hydrogen) atoms. The molecule has 0 saturated carbocycles. The predicted octanol–water partition coefficient (Wildman–Crippen LogP) is 4.79. The largest absolute Gasteiger partial charge is 0.438 e. The molecule has 0 bridgehead atoms. The van der Waals surface area contributed by atoms with Crippen LogP contribution in [0.3, 0.4) is 0 Å². The van der Waals surface area contributed by atoms with E-state index >= 15 is 0 Å². The van der Waals surface area contributed by atoms with Crippen LogP contribution in [0.1, 0.15) is 57.3 Å². The van der Waals surface area contributed by atoms with Gasteiger partial charge < -0.3 is 15.4 Å². The Morgan fingerprint density at radius 1 is 1.09 bits per heavy atom. The summed E-state index contributed by atoms with van der Waals surface area (Å²) in [4.78, 5) is 39.2. The number of cyclic esters (lactones) is 1. The maximum absolute atomic E-state index is 13.3. The van der Waals surface area contributed by atoms with E-state index in [-0.39, 0.29) is 24.2 Å². The molecule has 1 fully saturated rings. The normalized spacial score (nSPS) is 17.6. The first-order valence-corrected chi connectivity index (χ1v) is 11.7. The van der Waals surface area contributed by atoms with Gasteiger partial charge in [-0.3, -0.25) is 14.5 Å². The monoisotopic (exact) mass is 469 g/mol. The highest BCUT2D eigenvalue weighted by Gasteiger charge is 2.46. The van der Waals surface area contributed by atoms with Crippen molar-refractivity contribution in [2.75, 3.05) is 11.9 Å². The Bertz CT molecular complexity index is 992. The minimum atomic E-state index is -0.884. The zero-order valence-electron chi connectivity index (χ0n) is 19.8. The number of halogens is 1. The molecule has 0 radical (unpaired) electrons. The number of ether oxygens (including phenoxy) is 1. The van der Waals surface area contributed by atoms with Crippen molar-refractivity contribution in [1.82, 2.24) is 10.2 Å². The number of hydrogen-bond acceptors (Lipinski definition) is 4. The zero-order chi connectivity index (χ0) is 24.7. The lowest BCUT2D eigenvalue weighted by Gasteiger charge is -2.24. The van der Waals surface area contributed by atoms with Crippen LogP contribution in [0.4, 0.5) is 14.9 Å². The number of hydrogen-bond donors (Lipinski definition) is 2. The van der Waals surface area contributed by atoms with E-state index in [9.17, 15) is 18.8 Å². The molecular weight excluding hydrogens is 437 g/mol. The predicted molar refractivity (Wildman–Crippen MR) is 127 cm³/mol. The van der Waals surface area contributed by atoms with Crippen LogP contribution in [-0.2, 0) is 20.9 Å². The smallest absolute Gasteiger partial charge is 0.411 e. The van der Waals surface area contributed by atoms with Crippen molar-refractivity contribution in [2.24, 2.45) is 5.92 Å². The summed E-state index contributed by atoms with van der Waals surface area (Å²) in [5.74, 6) is -0.336. The number of nitrogens with zero attached hydrogens (tertiary/aromatic N) is 1. The highest BCUT2D eigenvalue weighted by molar-refractivity contribution is 5.91. The van der Waals surface area contributed by atoms with Crippen LogP contribution in [-0.4, -0.2) is 35.4 Å². The van der Waals surface area contributed by atoms with E-state index in [1.54, 1.807) is 36.4 Å². The SMILES string of the molecule is CCCC(=O)Nc1ccc(C2OC(=O)N(Cc3ccc(F)cc3)C2C(=O)NCCC(C)C)cc1. The molecule has 2 aromatic rings. The van der Waals surface area contributed by atoms with E-state index in [1.165, 1.54) is 17.0 Å². The van der Waals surface area contributed by atoms with Crippen molar-refractivity contribution in [3.8, 4) is 0 Å². The second-order valence-electron chi connectivity index (χ2n) is 8.90. The van der Waals surface area contributed by atoms with Crippen molar-refractivity contribution in [3.05, 3.63) is 65.5 Å². The number of amides is 3. The fraction of sp³-hybridized carbons (Fsp3) is 0.423. The Hall–Kier alpha value is -3.42. The minimum absolute atomic E-state index is 0.0737. The van der Waals surface area contributed by atoms with Crippen molar-refractivity contribution >= 4 is 23.6 Å². The van der Waals surface area contributed by atoms with Gasteiger partial charge in [-0.1, -0.05) is 45.0 Å². The molecule has 2 atom stereocenters. The van der Waals surface area contributed by atoms with Gasteiger partial charge in [0.1, 0.15) is 5.82 Å². The second-order valence-corrected chi connectivity index (χ2v) is 8.90. The molecule has 2 N–H and O–H groups in total. The fourth-order valence-electron chi connectivity index (χ4n) is 3.79.